The molecule has 0 atom stereocenters. The Morgan fingerprint density at radius 2 is 2.00 bits per heavy atom. The number of hydrogen-bond donors (Lipinski definition) is 3. The maximum Gasteiger partial charge on any atom is 0.255 e. The molecule has 0 saturated heterocycles. The van der Waals surface area contributed by atoms with Gasteiger partial charge in [0.2, 0.25) is 0 Å². The van der Waals surface area contributed by atoms with Gasteiger partial charge in [0.15, 0.2) is 0 Å². The van der Waals surface area contributed by atoms with Crippen LogP contribution in [0.4, 0.5) is 10.1 Å². The van der Waals surface area contributed by atoms with Gasteiger partial charge in [0.25, 0.3) is 5.91 Å². The number of carbonyl (C=O) groups is 1. The molecule has 0 spiro atoms. The molecule has 1 amide bonds. The van der Waals surface area contributed by atoms with E-state index in [9.17, 15) is 14.3 Å². The molecule has 7 heteroatoms. The molecule has 2 rings (SSSR count). The van der Waals surface area contributed by atoms with Crippen molar-refractivity contribution in [2.75, 3.05) is 5.32 Å². The SMILES string of the molecule is NC(=S)c1cc(F)ccc1NC(=O)c1ccc(Br)c(O)c1. The van der Waals surface area contributed by atoms with Gasteiger partial charge in [0, 0.05) is 11.1 Å². The van der Waals surface area contributed by atoms with Crippen molar-refractivity contribution >= 4 is 44.7 Å². The minimum Gasteiger partial charge on any atom is -0.507 e. The predicted molar refractivity (Wildman–Crippen MR) is 86.0 cm³/mol. The molecule has 0 saturated carbocycles. The van der Waals surface area contributed by atoms with Crippen molar-refractivity contribution in [1.82, 2.24) is 0 Å². The summed E-state index contributed by atoms with van der Waals surface area (Å²) in [5.74, 6) is -1.03. The number of benzene rings is 2. The molecule has 0 aliphatic rings. The maximum absolute atomic E-state index is 13.2. The van der Waals surface area contributed by atoms with Gasteiger partial charge < -0.3 is 16.2 Å². The summed E-state index contributed by atoms with van der Waals surface area (Å²) in [7, 11) is 0. The van der Waals surface area contributed by atoms with Crippen LogP contribution in [0.25, 0.3) is 0 Å². The summed E-state index contributed by atoms with van der Waals surface area (Å²) in [6.45, 7) is 0. The van der Waals surface area contributed by atoms with Crippen molar-refractivity contribution in [3.8, 4) is 5.75 Å². The summed E-state index contributed by atoms with van der Waals surface area (Å²) < 4.78 is 13.7. The number of rotatable bonds is 3. The number of nitrogens with two attached hydrogens (primary N) is 1. The maximum atomic E-state index is 13.2. The van der Waals surface area contributed by atoms with Crippen molar-refractivity contribution < 1.29 is 14.3 Å². The fourth-order valence-corrected chi connectivity index (χ4v) is 2.09. The second kappa shape index (κ2) is 6.19. The number of phenolic OH excluding ortho intramolecular Hbond substituents is 1. The minimum atomic E-state index is -0.503. The van der Waals surface area contributed by atoms with Gasteiger partial charge in [0.05, 0.1) is 10.2 Å². The molecule has 0 unspecified atom stereocenters. The Morgan fingerprint density at radius 1 is 1.29 bits per heavy atom. The number of phenols is 1. The fourth-order valence-electron chi connectivity index (χ4n) is 1.68. The van der Waals surface area contributed by atoms with Gasteiger partial charge in [-0.3, -0.25) is 4.79 Å². The molecule has 0 aromatic heterocycles. The van der Waals surface area contributed by atoms with E-state index in [2.05, 4.69) is 21.2 Å². The van der Waals surface area contributed by atoms with Crippen LogP contribution in [0.15, 0.2) is 40.9 Å². The first kappa shape index (κ1) is 15.4. The molecule has 0 heterocycles. The molecule has 4 N–H and O–H groups in total. The van der Waals surface area contributed by atoms with E-state index in [1.54, 1.807) is 6.07 Å². The van der Waals surface area contributed by atoms with Crippen molar-refractivity contribution in [3.05, 3.63) is 57.8 Å². The normalized spacial score (nSPS) is 10.2. The first-order valence-electron chi connectivity index (χ1n) is 5.77. The number of nitrogens with one attached hydrogen (secondary N) is 1. The number of carbonyl (C=O) groups excluding carboxylic acids is 1. The number of thiocarbonyl (C=S) groups is 1. The van der Waals surface area contributed by atoms with Gasteiger partial charge in [-0.2, -0.15) is 0 Å². The van der Waals surface area contributed by atoms with E-state index in [0.717, 1.165) is 6.07 Å². The van der Waals surface area contributed by atoms with Crippen molar-refractivity contribution in [3.63, 3.8) is 0 Å². The summed E-state index contributed by atoms with van der Waals surface area (Å²) in [4.78, 5) is 12.1. The molecular weight excluding hydrogens is 359 g/mol. The van der Waals surface area contributed by atoms with Crippen LogP contribution < -0.4 is 11.1 Å². The molecule has 21 heavy (non-hydrogen) atoms. The Kier molecular flexibility index (Phi) is 4.54. The van der Waals surface area contributed by atoms with E-state index < -0.39 is 11.7 Å². The van der Waals surface area contributed by atoms with Gasteiger partial charge in [-0.1, -0.05) is 12.2 Å². The molecular formula is C14H10BrFN2O2S. The van der Waals surface area contributed by atoms with Gasteiger partial charge in [-0.15, -0.1) is 0 Å². The van der Waals surface area contributed by atoms with E-state index in [0.29, 0.717) is 10.2 Å². The highest BCUT2D eigenvalue weighted by Gasteiger charge is 2.13. The average Bonchev–Trinajstić information content (AvgIpc) is 2.43. The van der Waals surface area contributed by atoms with Crippen molar-refractivity contribution in [2.24, 2.45) is 5.73 Å². The van der Waals surface area contributed by atoms with Crippen LogP contribution in [-0.4, -0.2) is 16.0 Å². The van der Waals surface area contributed by atoms with Gasteiger partial charge in [0.1, 0.15) is 16.6 Å². The highest BCUT2D eigenvalue weighted by atomic mass is 79.9. The van der Waals surface area contributed by atoms with E-state index in [-0.39, 0.29) is 21.9 Å². The summed E-state index contributed by atoms with van der Waals surface area (Å²) in [6, 6.07) is 8.10. The number of halogens is 2. The molecule has 0 fully saturated rings. The lowest BCUT2D eigenvalue weighted by molar-refractivity contribution is 0.102. The number of anilines is 1. The van der Waals surface area contributed by atoms with Crippen molar-refractivity contribution in [1.29, 1.82) is 0 Å². The van der Waals surface area contributed by atoms with E-state index >= 15 is 0 Å². The molecule has 0 bridgehead atoms. The first-order valence-corrected chi connectivity index (χ1v) is 6.98. The first-order chi connectivity index (χ1) is 9.88. The highest BCUT2D eigenvalue weighted by Crippen LogP contribution is 2.25. The summed E-state index contributed by atoms with van der Waals surface area (Å²) in [5, 5.41) is 12.2. The monoisotopic (exact) mass is 368 g/mol. The molecule has 0 aliphatic heterocycles. The lowest BCUT2D eigenvalue weighted by Crippen LogP contribution is -2.17. The third kappa shape index (κ3) is 3.56. The quantitative estimate of drug-likeness (QED) is 0.727. The minimum absolute atomic E-state index is 0.0246. The number of aromatic hydroxyl groups is 1. The van der Waals surface area contributed by atoms with Crippen LogP contribution >= 0.6 is 28.1 Å². The standard InChI is InChI=1S/C14H10BrFN2O2S/c15-10-3-1-7(5-12(10)19)14(20)18-11-4-2-8(16)6-9(11)13(17)21/h1-6,19H,(H2,17,21)(H,18,20). The Labute approximate surface area is 133 Å². The van der Waals surface area contributed by atoms with Crippen LogP contribution in [0.2, 0.25) is 0 Å². The van der Waals surface area contributed by atoms with Crippen LogP contribution in [-0.2, 0) is 0 Å². The van der Waals surface area contributed by atoms with Gasteiger partial charge in [-0.05, 0) is 52.3 Å². The zero-order valence-electron chi connectivity index (χ0n) is 10.6. The Morgan fingerprint density at radius 3 is 2.62 bits per heavy atom. The summed E-state index contributed by atoms with van der Waals surface area (Å²) >= 11 is 7.96. The Bertz CT molecular complexity index is 737. The van der Waals surface area contributed by atoms with E-state index in [1.807, 2.05) is 0 Å². The zero-order chi connectivity index (χ0) is 15.6. The Balaban J connectivity index is 2.31. The van der Waals surface area contributed by atoms with Crippen LogP contribution in [0.1, 0.15) is 15.9 Å². The van der Waals surface area contributed by atoms with Crippen molar-refractivity contribution in [2.45, 2.75) is 0 Å². The second-order valence-corrected chi connectivity index (χ2v) is 5.47. The lowest BCUT2D eigenvalue weighted by atomic mass is 10.1. The largest absolute Gasteiger partial charge is 0.507 e. The van der Waals surface area contributed by atoms with E-state index in [4.69, 9.17) is 18.0 Å². The second-order valence-electron chi connectivity index (χ2n) is 4.17. The van der Waals surface area contributed by atoms with Crippen LogP contribution in [0.5, 0.6) is 5.75 Å². The van der Waals surface area contributed by atoms with Crippen LogP contribution in [0, 0.1) is 5.82 Å². The third-order valence-electron chi connectivity index (χ3n) is 2.70. The summed E-state index contributed by atoms with van der Waals surface area (Å²) in [5.41, 5.74) is 6.29. The highest BCUT2D eigenvalue weighted by molar-refractivity contribution is 9.10. The number of hydrogen-bond acceptors (Lipinski definition) is 3. The van der Waals surface area contributed by atoms with Gasteiger partial charge >= 0.3 is 0 Å². The average molecular weight is 369 g/mol. The fraction of sp³-hybridized carbons (Fsp3) is 0. The third-order valence-corrected chi connectivity index (χ3v) is 3.59. The molecule has 4 nitrogen and oxygen atoms in total. The molecule has 108 valence electrons. The van der Waals surface area contributed by atoms with Gasteiger partial charge in [-0.25, -0.2) is 4.39 Å². The molecule has 2 aromatic rings. The lowest BCUT2D eigenvalue weighted by Gasteiger charge is -2.10. The predicted octanol–water partition coefficient (Wildman–Crippen LogP) is 3.18. The molecule has 0 radical (unpaired) electrons. The van der Waals surface area contributed by atoms with E-state index in [1.165, 1.54) is 24.3 Å². The van der Waals surface area contributed by atoms with Crippen LogP contribution in [0.3, 0.4) is 0 Å². The Hall–Kier alpha value is -1.99. The summed E-state index contributed by atoms with van der Waals surface area (Å²) in [6.07, 6.45) is 0. The zero-order valence-corrected chi connectivity index (χ0v) is 13.0. The smallest absolute Gasteiger partial charge is 0.255 e. The topological polar surface area (TPSA) is 75.3 Å². The molecule has 2 aromatic carbocycles. The molecule has 0 aliphatic carbocycles. The number of amides is 1.